The molecule has 0 aliphatic heterocycles. The summed E-state index contributed by atoms with van der Waals surface area (Å²) in [5.74, 6) is 0.120. The van der Waals surface area contributed by atoms with Crippen LogP contribution in [0.3, 0.4) is 0 Å². The fourth-order valence-electron chi connectivity index (χ4n) is 3.98. The van der Waals surface area contributed by atoms with E-state index in [2.05, 4.69) is 23.5 Å². The lowest BCUT2D eigenvalue weighted by atomic mass is 9.94. The zero-order valence-corrected chi connectivity index (χ0v) is 19.9. The molecular formula is C21H30Cl2N4O2S. The number of nitrogens with one attached hydrogen (secondary N) is 1. The average molecular weight is 473 g/mol. The van der Waals surface area contributed by atoms with Crippen molar-refractivity contribution in [3.05, 3.63) is 34.8 Å². The first-order valence-electron chi connectivity index (χ1n) is 10.0. The summed E-state index contributed by atoms with van der Waals surface area (Å²) in [6.07, 6.45) is 7.94. The van der Waals surface area contributed by atoms with Crippen LogP contribution in [0.15, 0.2) is 24.4 Å². The molecule has 0 bridgehead atoms. The van der Waals surface area contributed by atoms with Crippen molar-refractivity contribution in [3.8, 4) is 0 Å². The molecule has 30 heavy (non-hydrogen) atoms. The Bertz CT molecular complexity index is 969. The second-order valence-electron chi connectivity index (χ2n) is 7.56. The molecule has 0 radical (unpaired) electrons. The largest absolute Gasteiger partial charge is 0.383 e. The Hall–Kier alpha value is -1.38. The number of halogens is 2. The van der Waals surface area contributed by atoms with E-state index in [-0.39, 0.29) is 30.7 Å². The van der Waals surface area contributed by atoms with Gasteiger partial charge in [-0.1, -0.05) is 36.7 Å². The van der Waals surface area contributed by atoms with E-state index in [1.165, 1.54) is 36.2 Å². The zero-order chi connectivity index (χ0) is 19.5. The normalized spacial score (nSPS) is 14.5. The first kappa shape index (κ1) is 24.9. The lowest BCUT2D eigenvalue weighted by Gasteiger charge is -2.30. The Morgan fingerprint density at radius 3 is 2.80 bits per heavy atom. The smallest absolute Gasteiger partial charge is 0.265 e. The van der Waals surface area contributed by atoms with Crippen LogP contribution in [0, 0.1) is 0 Å². The van der Waals surface area contributed by atoms with Crippen LogP contribution in [0.2, 0.25) is 0 Å². The van der Waals surface area contributed by atoms with Gasteiger partial charge in [-0.3, -0.25) is 9.20 Å². The number of nitrogens with zero attached hydrogens (tertiary/aromatic N) is 3. The third-order valence-electron chi connectivity index (χ3n) is 5.63. The van der Waals surface area contributed by atoms with Crippen molar-refractivity contribution < 1.29 is 9.53 Å². The van der Waals surface area contributed by atoms with Gasteiger partial charge in [0.2, 0.25) is 0 Å². The first-order valence-corrected chi connectivity index (χ1v) is 10.9. The van der Waals surface area contributed by atoms with Crippen LogP contribution in [0.5, 0.6) is 0 Å². The molecule has 0 atom stereocenters. The highest BCUT2D eigenvalue weighted by Gasteiger charge is 2.25. The Morgan fingerprint density at radius 2 is 2.07 bits per heavy atom. The monoisotopic (exact) mass is 472 g/mol. The quantitative estimate of drug-likeness (QED) is 0.513. The predicted molar refractivity (Wildman–Crippen MR) is 128 cm³/mol. The number of benzene rings is 1. The molecule has 1 fully saturated rings. The molecule has 9 heteroatoms. The third-order valence-corrected chi connectivity index (χ3v) is 6.61. The number of hydrogen-bond acceptors (Lipinski definition) is 5. The molecule has 4 rings (SSSR count). The lowest BCUT2D eigenvalue weighted by molar-refractivity contribution is 0.0701. The maximum atomic E-state index is 12.9. The summed E-state index contributed by atoms with van der Waals surface area (Å²) < 4.78 is 7.10. The minimum atomic E-state index is 0. The van der Waals surface area contributed by atoms with E-state index in [4.69, 9.17) is 9.72 Å². The van der Waals surface area contributed by atoms with Crippen molar-refractivity contribution >= 4 is 58.1 Å². The summed E-state index contributed by atoms with van der Waals surface area (Å²) in [5.41, 5.74) is 3.21. The summed E-state index contributed by atoms with van der Waals surface area (Å²) in [7, 11) is 3.65. The number of carbonyl (C=O) groups excluding carboxylic acids is 1. The lowest BCUT2D eigenvalue weighted by Crippen LogP contribution is -2.37. The molecule has 0 saturated heterocycles. The number of rotatable bonds is 7. The summed E-state index contributed by atoms with van der Waals surface area (Å²) in [5, 5.41) is 3.36. The number of amides is 1. The molecule has 1 saturated carbocycles. The molecule has 0 unspecified atom stereocenters. The zero-order valence-electron chi connectivity index (χ0n) is 17.4. The summed E-state index contributed by atoms with van der Waals surface area (Å²) in [6, 6.07) is 6.70. The van der Waals surface area contributed by atoms with Crippen molar-refractivity contribution in [1.29, 1.82) is 0 Å². The van der Waals surface area contributed by atoms with Gasteiger partial charge in [0.1, 0.15) is 4.88 Å². The van der Waals surface area contributed by atoms with Crippen LogP contribution in [-0.4, -0.2) is 53.5 Å². The molecule has 1 amide bonds. The summed E-state index contributed by atoms with van der Waals surface area (Å²) in [6.45, 7) is 2.32. The standard InChI is InChI=1S/C21H28N4O2S.2ClH/c1-24(16-6-4-3-5-7-16)20(26)19-14-25-18-9-8-15(13-22-10-11-27-2)12-17(18)23-21(25)28-19;;/h8-9,12,14,16,22H,3-7,10-11,13H2,1-2H3;2*1H. The second kappa shape index (κ2) is 11.3. The van der Waals surface area contributed by atoms with Crippen molar-refractivity contribution in [3.63, 3.8) is 0 Å². The number of imidazole rings is 1. The fourth-order valence-corrected chi connectivity index (χ4v) is 4.96. The van der Waals surface area contributed by atoms with Crippen molar-refractivity contribution in [2.24, 2.45) is 0 Å². The molecule has 2 aromatic heterocycles. The number of carbonyl (C=O) groups is 1. The van der Waals surface area contributed by atoms with Gasteiger partial charge in [0, 0.05) is 39.5 Å². The number of methoxy groups -OCH3 is 1. The molecule has 166 valence electrons. The van der Waals surface area contributed by atoms with Gasteiger partial charge in [-0.25, -0.2) is 4.98 Å². The summed E-state index contributed by atoms with van der Waals surface area (Å²) in [4.78, 5) is 21.3. The van der Waals surface area contributed by atoms with Gasteiger partial charge in [-0.15, -0.1) is 24.8 Å². The van der Waals surface area contributed by atoms with E-state index in [1.807, 2.05) is 22.5 Å². The van der Waals surface area contributed by atoms with Crippen LogP contribution >= 0.6 is 36.2 Å². The molecule has 1 N–H and O–H groups in total. The van der Waals surface area contributed by atoms with Crippen LogP contribution in [0.1, 0.15) is 47.3 Å². The summed E-state index contributed by atoms with van der Waals surface area (Å²) >= 11 is 1.48. The number of thiazole rings is 1. The highest BCUT2D eigenvalue weighted by atomic mass is 35.5. The fraction of sp³-hybridized carbons (Fsp3) is 0.524. The topological polar surface area (TPSA) is 58.9 Å². The van der Waals surface area contributed by atoms with Gasteiger partial charge < -0.3 is 15.0 Å². The van der Waals surface area contributed by atoms with E-state index in [0.717, 1.165) is 46.8 Å². The molecule has 0 spiro atoms. The maximum Gasteiger partial charge on any atom is 0.265 e. The Balaban J connectivity index is 0.00000160. The van der Waals surface area contributed by atoms with Crippen LogP contribution < -0.4 is 5.32 Å². The van der Waals surface area contributed by atoms with Gasteiger partial charge >= 0.3 is 0 Å². The van der Waals surface area contributed by atoms with Crippen LogP contribution in [-0.2, 0) is 11.3 Å². The molecular weight excluding hydrogens is 443 g/mol. The third kappa shape index (κ3) is 5.26. The van der Waals surface area contributed by atoms with Gasteiger partial charge in [-0.05, 0) is 30.5 Å². The minimum absolute atomic E-state index is 0. The first-order chi connectivity index (χ1) is 13.7. The highest BCUT2D eigenvalue weighted by molar-refractivity contribution is 7.18. The molecule has 1 aliphatic rings. The van der Waals surface area contributed by atoms with E-state index < -0.39 is 0 Å². The van der Waals surface area contributed by atoms with Gasteiger partial charge in [0.25, 0.3) is 5.91 Å². The average Bonchev–Trinajstić information content (AvgIpc) is 3.28. The van der Waals surface area contributed by atoms with Crippen molar-refractivity contribution in [1.82, 2.24) is 19.6 Å². The van der Waals surface area contributed by atoms with Gasteiger partial charge in [-0.2, -0.15) is 0 Å². The molecule has 3 aromatic rings. The Labute approximate surface area is 193 Å². The van der Waals surface area contributed by atoms with Gasteiger partial charge in [0.05, 0.1) is 17.6 Å². The van der Waals surface area contributed by atoms with Crippen LogP contribution in [0.4, 0.5) is 0 Å². The van der Waals surface area contributed by atoms with Crippen LogP contribution in [0.25, 0.3) is 16.0 Å². The second-order valence-corrected chi connectivity index (χ2v) is 8.57. The SMILES string of the molecule is COCCNCc1ccc2c(c1)nc1sc(C(=O)N(C)C3CCCCC3)cn12.Cl.Cl. The predicted octanol–water partition coefficient (Wildman–Crippen LogP) is 4.53. The molecule has 1 aliphatic carbocycles. The van der Waals surface area contributed by atoms with Crippen molar-refractivity contribution in [2.75, 3.05) is 27.3 Å². The van der Waals surface area contributed by atoms with E-state index in [9.17, 15) is 4.79 Å². The number of fused-ring (bicyclic) bond motifs is 3. The maximum absolute atomic E-state index is 12.9. The number of aromatic nitrogens is 2. The number of ether oxygens (including phenoxy) is 1. The van der Waals surface area contributed by atoms with E-state index in [1.54, 1.807) is 7.11 Å². The van der Waals surface area contributed by atoms with E-state index in [0.29, 0.717) is 12.6 Å². The van der Waals surface area contributed by atoms with Gasteiger partial charge in [0.15, 0.2) is 4.96 Å². The minimum Gasteiger partial charge on any atom is -0.383 e. The van der Waals surface area contributed by atoms with E-state index >= 15 is 0 Å². The molecule has 2 heterocycles. The molecule has 6 nitrogen and oxygen atoms in total. The Kier molecular flexibility index (Phi) is 9.37. The Morgan fingerprint density at radius 1 is 1.30 bits per heavy atom. The molecule has 1 aromatic carbocycles. The number of hydrogen-bond donors (Lipinski definition) is 1. The van der Waals surface area contributed by atoms with Crippen molar-refractivity contribution in [2.45, 2.75) is 44.7 Å². The highest BCUT2D eigenvalue weighted by Crippen LogP contribution is 2.28.